The smallest absolute Gasteiger partial charge is 0.407 e. The number of fused-ring (bicyclic) bond motifs is 1. The van der Waals surface area contributed by atoms with Crippen molar-refractivity contribution in [2.75, 3.05) is 19.8 Å². The number of amides is 1. The van der Waals surface area contributed by atoms with Crippen LogP contribution in [0.2, 0.25) is 0 Å². The molecule has 0 heterocycles. The molecule has 1 saturated carbocycles. The second kappa shape index (κ2) is 8.24. The van der Waals surface area contributed by atoms with Gasteiger partial charge in [-0.1, -0.05) is 20.8 Å². The molecule has 0 bridgehead atoms. The molecule has 23 heavy (non-hydrogen) atoms. The highest BCUT2D eigenvalue weighted by Crippen LogP contribution is 2.51. The van der Waals surface area contributed by atoms with Gasteiger partial charge in [-0.05, 0) is 24.2 Å². The lowest BCUT2D eigenvalue weighted by Crippen LogP contribution is -2.33. The van der Waals surface area contributed by atoms with Gasteiger partial charge < -0.3 is 14.8 Å². The van der Waals surface area contributed by atoms with E-state index in [1.807, 2.05) is 0 Å². The molecule has 1 N–H and O–H groups in total. The highest BCUT2D eigenvalue weighted by atomic mass is 16.5. The first-order valence-electron chi connectivity index (χ1n) is 8.52. The average Bonchev–Trinajstić information content (AvgIpc) is 3.23. The zero-order valence-corrected chi connectivity index (χ0v) is 14.3. The van der Waals surface area contributed by atoms with Gasteiger partial charge in [-0.2, -0.15) is 0 Å². The standard InChI is InChI=1S/C18H27NO4/c1-12(2)8-9-22-17(20)13(3)10-19-18(21)23-11-16-14-6-4-5-7-15(14)16/h12-16H,6-11H2,1-3H3,(H,19,21)/t13?,14-,15+,16?. The third-order valence-corrected chi connectivity index (χ3v) is 4.61. The Morgan fingerprint density at radius 3 is 2.39 bits per heavy atom. The first-order chi connectivity index (χ1) is 11.0. The summed E-state index contributed by atoms with van der Waals surface area (Å²) in [7, 11) is 0. The van der Waals surface area contributed by atoms with E-state index in [-0.39, 0.29) is 18.4 Å². The molecule has 0 radical (unpaired) electrons. The highest BCUT2D eigenvalue weighted by molar-refractivity contribution is 5.73. The molecule has 0 spiro atoms. The largest absolute Gasteiger partial charge is 0.465 e. The van der Waals surface area contributed by atoms with Gasteiger partial charge in [0.1, 0.15) is 0 Å². The van der Waals surface area contributed by atoms with Gasteiger partial charge >= 0.3 is 12.1 Å². The summed E-state index contributed by atoms with van der Waals surface area (Å²) < 4.78 is 10.4. The van der Waals surface area contributed by atoms with Gasteiger partial charge in [-0.25, -0.2) is 4.79 Å². The Labute approximate surface area is 138 Å². The number of hydrogen-bond donors (Lipinski definition) is 1. The lowest BCUT2D eigenvalue weighted by Gasteiger charge is -2.13. The Kier molecular flexibility index (Phi) is 6.32. The fraction of sp³-hybridized carbons (Fsp3) is 0.778. The van der Waals surface area contributed by atoms with Gasteiger partial charge in [0.05, 0.1) is 19.1 Å². The van der Waals surface area contributed by atoms with E-state index in [0.717, 1.165) is 19.3 Å². The lowest BCUT2D eigenvalue weighted by atomic mass is 10.1. The molecule has 2 rings (SSSR count). The van der Waals surface area contributed by atoms with E-state index < -0.39 is 6.09 Å². The average molecular weight is 321 g/mol. The number of carbonyl (C=O) groups is 2. The van der Waals surface area contributed by atoms with Crippen molar-refractivity contribution in [3.05, 3.63) is 0 Å². The van der Waals surface area contributed by atoms with Crippen LogP contribution in [0.1, 0.15) is 40.0 Å². The number of hydrogen-bond acceptors (Lipinski definition) is 4. The first kappa shape index (κ1) is 17.7. The fourth-order valence-electron chi connectivity index (χ4n) is 2.84. The Morgan fingerprint density at radius 1 is 1.13 bits per heavy atom. The monoisotopic (exact) mass is 321 g/mol. The molecule has 5 nitrogen and oxygen atoms in total. The second-order valence-electron chi connectivity index (χ2n) is 6.98. The molecule has 4 atom stereocenters. The lowest BCUT2D eigenvalue weighted by molar-refractivity contribution is -0.148. The van der Waals surface area contributed by atoms with Crippen molar-refractivity contribution in [1.82, 2.24) is 5.32 Å². The number of carbonyl (C=O) groups excluding carboxylic acids is 2. The molecule has 2 unspecified atom stereocenters. The normalized spacial score (nSPS) is 25.7. The first-order valence-corrected chi connectivity index (χ1v) is 8.52. The van der Waals surface area contributed by atoms with Crippen molar-refractivity contribution in [2.24, 2.45) is 29.6 Å². The predicted molar refractivity (Wildman–Crippen MR) is 86.4 cm³/mol. The summed E-state index contributed by atoms with van der Waals surface area (Å²) in [6.07, 6.45) is 2.25. The van der Waals surface area contributed by atoms with Crippen molar-refractivity contribution in [1.29, 1.82) is 0 Å². The topological polar surface area (TPSA) is 64.6 Å². The summed E-state index contributed by atoms with van der Waals surface area (Å²) in [6.45, 7) is 7.01. The summed E-state index contributed by atoms with van der Waals surface area (Å²) >= 11 is 0. The molecular formula is C18H27NO4. The van der Waals surface area contributed by atoms with Crippen LogP contribution in [0.25, 0.3) is 0 Å². The summed E-state index contributed by atoms with van der Waals surface area (Å²) in [5, 5.41) is 2.63. The van der Waals surface area contributed by atoms with Crippen LogP contribution in [0, 0.1) is 41.4 Å². The van der Waals surface area contributed by atoms with E-state index in [4.69, 9.17) is 9.47 Å². The van der Waals surface area contributed by atoms with Crippen molar-refractivity contribution >= 4 is 12.1 Å². The minimum Gasteiger partial charge on any atom is -0.465 e. The van der Waals surface area contributed by atoms with Gasteiger partial charge in [0, 0.05) is 25.3 Å². The number of rotatable bonds is 8. The fourth-order valence-corrected chi connectivity index (χ4v) is 2.84. The molecule has 0 aromatic carbocycles. The number of alkyl carbamates (subject to hydrolysis) is 1. The summed E-state index contributed by atoms with van der Waals surface area (Å²) in [5.41, 5.74) is 0. The zero-order chi connectivity index (χ0) is 16.8. The van der Waals surface area contributed by atoms with Crippen LogP contribution < -0.4 is 5.32 Å². The van der Waals surface area contributed by atoms with Crippen molar-refractivity contribution < 1.29 is 19.1 Å². The van der Waals surface area contributed by atoms with Crippen LogP contribution in [0.5, 0.6) is 0 Å². The van der Waals surface area contributed by atoms with Gasteiger partial charge in [0.2, 0.25) is 0 Å². The minimum atomic E-state index is -0.462. The van der Waals surface area contributed by atoms with E-state index in [0.29, 0.717) is 36.9 Å². The van der Waals surface area contributed by atoms with Crippen LogP contribution in [0.15, 0.2) is 0 Å². The molecule has 1 amide bonds. The van der Waals surface area contributed by atoms with Crippen molar-refractivity contribution in [3.63, 3.8) is 0 Å². The maximum Gasteiger partial charge on any atom is 0.407 e. The van der Waals surface area contributed by atoms with E-state index in [2.05, 4.69) is 31.0 Å². The minimum absolute atomic E-state index is 0.236. The molecule has 0 aromatic heterocycles. The van der Waals surface area contributed by atoms with Crippen molar-refractivity contribution in [2.45, 2.75) is 40.0 Å². The van der Waals surface area contributed by atoms with E-state index in [9.17, 15) is 9.59 Å². The van der Waals surface area contributed by atoms with Gasteiger partial charge in [0.25, 0.3) is 0 Å². The Morgan fingerprint density at radius 2 is 1.78 bits per heavy atom. The molecule has 5 heteroatoms. The van der Waals surface area contributed by atoms with Crippen LogP contribution >= 0.6 is 0 Å². The van der Waals surface area contributed by atoms with Crippen molar-refractivity contribution in [3.8, 4) is 11.8 Å². The van der Waals surface area contributed by atoms with Crippen LogP contribution in [0.4, 0.5) is 4.79 Å². The maximum absolute atomic E-state index is 11.8. The maximum atomic E-state index is 11.8. The molecule has 0 saturated heterocycles. The number of nitrogens with one attached hydrogen (secondary N) is 1. The molecule has 1 fully saturated rings. The van der Waals surface area contributed by atoms with E-state index in [1.165, 1.54) is 0 Å². The molecule has 0 aromatic rings. The molecule has 0 aliphatic heterocycles. The van der Waals surface area contributed by atoms with Gasteiger partial charge in [-0.15, -0.1) is 11.8 Å². The molecule has 2 aliphatic rings. The Bertz CT molecular complexity index is 475. The Hall–Kier alpha value is -1.70. The molecule has 2 aliphatic carbocycles. The summed E-state index contributed by atoms with van der Waals surface area (Å²) in [4.78, 5) is 23.5. The van der Waals surface area contributed by atoms with Crippen LogP contribution in [0.3, 0.4) is 0 Å². The third kappa shape index (κ3) is 5.46. The van der Waals surface area contributed by atoms with E-state index >= 15 is 0 Å². The Balaban J connectivity index is 1.54. The predicted octanol–water partition coefficient (Wildman–Crippen LogP) is 2.60. The SMILES string of the molecule is CC(C)CCOC(=O)C(C)CNC(=O)OCC1[C@H]2CC#CC[C@@H]12. The second-order valence-corrected chi connectivity index (χ2v) is 6.98. The van der Waals surface area contributed by atoms with Gasteiger partial charge in [-0.3, -0.25) is 4.79 Å². The quantitative estimate of drug-likeness (QED) is 0.551. The highest BCUT2D eigenvalue weighted by Gasteiger charge is 2.50. The van der Waals surface area contributed by atoms with E-state index in [1.54, 1.807) is 6.92 Å². The molecule has 128 valence electrons. The summed E-state index contributed by atoms with van der Waals surface area (Å²) in [6, 6.07) is 0. The number of ether oxygens (including phenoxy) is 2. The third-order valence-electron chi connectivity index (χ3n) is 4.61. The van der Waals surface area contributed by atoms with Crippen LogP contribution in [-0.2, 0) is 14.3 Å². The molecular weight excluding hydrogens is 294 g/mol. The summed E-state index contributed by atoms with van der Waals surface area (Å²) in [5.74, 6) is 7.74. The number of esters is 1. The zero-order valence-electron chi connectivity index (χ0n) is 14.3. The van der Waals surface area contributed by atoms with Crippen LogP contribution in [-0.4, -0.2) is 31.8 Å². The van der Waals surface area contributed by atoms with Gasteiger partial charge in [0.15, 0.2) is 0 Å².